The molecule has 0 saturated carbocycles. The van der Waals surface area contributed by atoms with Gasteiger partial charge in [0, 0.05) is 17.8 Å². The Kier molecular flexibility index (Phi) is 6.30. The molecule has 1 aromatic carbocycles. The first-order valence-corrected chi connectivity index (χ1v) is 8.22. The van der Waals surface area contributed by atoms with Crippen molar-refractivity contribution in [3.63, 3.8) is 0 Å². The highest BCUT2D eigenvalue weighted by Gasteiger charge is 2.35. The predicted octanol–water partition coefficient (Wildman–Crippen LogP) is 3.38. The number of methoxy groups -OCH3 is 1. The summed E-state index contributed by atoms with van der Waals surface area (Å²) < 4.78 is 34.9. The highest BCUT2D eigenvalue weighted by atomic mass is 32.1. The van der Waals surface area contributed by atoms with Gasteiger partial charge in [-0.3, -0.25) is 0 Å². The Bertz CT molecular complexity index is 694. The molecule has 25 heavy (non-hydrogen) atoms. The Morgan fingerprint density at radius 1 is 1.40 bits per heavy atom. The van der Waals surface area contributed by atoms with Gasteiger partial charge in [0.2, 0.25) is 0 Å². The maximum atomic E-state index is 12.7. The van der Waals surface area contributed by atoms with E-state index in [0.29, 0.717) is 28.5 Å². The second kappa shape index (κ2) is 8.24. The van der Waals surface area contributed by atoms with Gasteiger partial charge in [-0.05, 0) is 31.6 Å². The van der Waals surface area contributed by atoms with Crippen LogP contribution in [0.1, 0.15) is 31.9 Å². The SMILES string of the molecule is CCCN1C(=S)N[C@@H](c2ccccc2OC(F)F)C(C(=O)OC)=C1C. The quantitative estimate of drug-likeness (QED) is 0.612. The zero-order chi connectivity index (χ0) is 18.6. The van der Waals surface area contributed by atoms with Gasteiger partial charge in [-0.1, -0.05) is 25.1 Å². The van der Waals surface area contributed by atoms with Crippen molar-refractivity contribution in [3.05, 3.63) is 41.1 Å². The van der Waals surface area contributed by atoms with Crippen LogP contribution in [0.2, 0.25) is 0 Å². The van der Waals surface area contributed by atoms with Crippen molar-refractivity contribution in [1.29, 1.82) is 0 Å². The van der Waals surface area contributed by atoms with E-state index in [1.807, 2.05) is 6.92 Å². The molecule has 1 aromatic rings. The lowest BCUT2D eigenvalue weighted by Crippen LogP contribution is -2.48. The van der Waals surface area contributed by atoms with E-state index in [0.717, 1.165) is 6.42 Å². The number of alkyl halides is 2. The molecule has 1 aliphatic rings. The lowest BCUT2D eigenvalue weighted by atomic mass is 9.94. The van der Waals surface area contributed by atoms with Crippen LogP contribution in [0.3, 0.4) is 0 Å². The standard InChI is InChI=1S/C17H20F2N2O3S/c1-4-9-21-10(2)13(15(22)23-3)14(20-17(21)25)11-7-5-6-8-12(11)24-16(18)19/h5-8,14,16H,4,9H2,1-3H3,(H,20,25)/t14-/m0/s1. The number of nitrogens with one attached hydrogen (secondary N) is 1. The molecular formula is C17H20F2N2O3S. The Morgan fingerprint density at radius 3 is 2.68 bits per heavy atom. The van der Waals surface area contributed by atoms with Gasteiger partial charge in [0.05, 0.1) is 18.7 Å². The number of hydrogen-bond acceptors (Lipinski definition) is 4. The monoisotopic (exact) mass is 370 g/mol. The number of esters is 1. The van der Waals surface area contributed by atoms with Gasteiger partial charge in [0.1, 0.15) is 5.75 Å². The summed E-state index contributed by atoms with van der Waals surface area (Å²) >= 11 is 5.39. The largest absolute Gasteiger partial charge is 0.466 e. The fourth-order valence-electron chi connectivity index (χ4n) is 2.80. The van der Waals surface area contributed by atoms with Crippen molar-refractivity contribution < 1.29 is 23.0 Å². The molecule has 0 radical (unpaired) electrons. The molecular weight excluding hydrogens is 350 g/mol. The molecule has 8 heteroatoms. The van der Waals surface area contributed by atoms with Gasteiger partial charge in [-0.25, -0.2) is 4.79 Å². The molecule has 0 bridgehead atoms. The number of nitrogens with zero attached hydrogens (tertiary/aromatic N) is 1. The highest BCUT2D eigenvalue weighted by Crippen LogP contribution is 2.36. The average molecular weight is 370 g/mol. The normalized spacial score (nSPS) is 17.6. The van der Waals surface area contributed by atoms with Crippen LogP contribution in [-0.2, 0) is 9.53 Å². The maximum absolute atomic E-state index is 12.7. The molecule has 1 atom stereocenters. The molecule has 0 spiro atoms. The van der Waals surface area contributed by atoms with Crippen molar-refractivity contribution in [2.45, 2.75) is 32.9 Å². The predicted molar refractivity (Wildman–Crippen MR) is 93.3 cm³/mol. The minimum atomic E-state index is -2.97. The molecule has 1 heterocycles. The summed E-state index contributed by atoms with van der Waals surface area (Å²) in [6, 6.07) is 5.57. The van der Waals surface area contributed by atoms with E-state index < -0.39 is 18.6 Å². The van der Waals surface area contributed by atoms with Gasteiger partial charge in [0.15, 0.2) is 5.11 Å². The molecule has 0 amide bonds. The van der Waals surface area contributed by atoms with Gasteiger partial charge in [-0.2, -0.15) is 8.78 Å². The van der Waals surface area contributed by atoms with E-state index >= 15 is 0 Å². The van der Waals surface area contributed by atoms with Crippen molar-refractivity contribution in [3.8, 4) is 5.75 Å². The Morgan fingerprint density at radius 2 is 2.08 bits per heavy atom. The number of allylic oxidation sites excluding steroid dienone is 1. The van der Waals surface area contributed by atoms with E-state index in [-0.39, 0.29) is 5.75 Å². The summed E-state index contributed by atoms with van der Waals surface area (Å²) in [6.45, 7) is 1.41. The topological polar surface area (TPSA) is 50.8 Å². The molecule has 0 saturated heterocycles. The molecule has 2 rings (SSSR count). The summed E-state index contributed by atoms with van der Waals surface area (Å²) in [4.78, 5) is 14.2. The second-order valence-electron chi connectivity index (χ2n) is 5.44. The fourth-order valence-corrected chi connectivity index (χ4v) is 3.15. The first-order valence-electron chi connectivity index (χ1n) is 7.81. The van der Waals surface area contributed by atoms with Crippen molar-refractivity contribution >= 4 is 23.3 Å². The lowest BCUT2D eigenvalue weighted by Gasteiger charge is -2.37. The van der Waals surface area contributed by atoms with Crippen LogP contribution >= 0.6 is 12.2 Å². The van der Waals surface area contributed by atoms with E-state index in [4.69, 9.17) is 17.0 Å². The smallest absolute Gasteiger partial charge is 0.387 e. The summed E-state index contributed by atoms with van der Waals surface area (Å²) in [5.41, 5.74) is 1.34. The number of halogens is 2. The zero-order valence-corrected chi connectivity index (χ0v) is 15.0. The third kappa shape index (κ3) is 4.07. The molecule has 136 valence electrons. The molecule has 0 aromatic heterocycles. The Balaban J connectivity index is 2.56. The van der Waals surface area contributed by atoms with E-state index in [1.54, 1.807) is 30.0 Å². The van der Waals surface area contributed by atoms with Crippen molar-refractivity contribution in [1.82, 2.24) is 10.2 Å². The van der Waals surface area contributed by atoms with Gasteiger partial charge in [0.25, 0.3) is 0 Å². The summed E-state index contributed by atoms with van der Waals surface area (Å²) in [5.74, 6) is -0.568. The van der Waals surface area contributed by atoms with Crippen LogP contribution in [0.4, 0.5) is 8.78 Å². The first-order chi connectivity index (χ1) is 11.9. The van der Waals surface area contributed by atoms with Crippen molar-refractivity contribution in [2.24, 2.45) is 0 Å². The average Bonchev–Trinajstić information content (AvgIpc) is 2.57. The van der Waals surface area contributed by atoms with Gasteiger partial charge in [-0.15, -0.1) is 0 Å². The molecule has 0 unspecified atom stereocenters. The number of benzene rings is 1. The molecule has 0 fully saturated rings. The van der Waals surface area contributed by atoms with Crippen LogP contribution in [-0.4, -0.2) is 36.2 Å². The number of carbonyl (C=O) groups is 1. The number of thiocarbonyl (C=S) groups is 1. The second-order valence-corrected chi connectivity index (χ2v) is 5.83. The fraction of sp³-hybridized carbons (Fsp3) is 0.412. The zero-order valence-electron chi connectivity index (χ0n) is 14.2. The Labute approximate surface area is 150 Å². The van der Waals surface area contributed by atoms with Crippen molar-refractivity contribution in [2.75, 3.05) is 13.7 Å². The first kappa shape index (κ1) is 19.1. The van der Waals surface area contributed by atoms with Crippen LogP contribution in [0.5, 0.6) is 5.75 Å². The van der Waals surface area contributed by atoms with Crippen LogP contribution in [0.25, 0.3) is 0 Å². The molecule has 0 aliphatic carbocycles. The number of para-hydroxylation sites is 1. The van der Waals surface area contributed by atoms with E-state index in [2.05, 4.69) is 10.1 Å². The minimum Gasteiger partial charge on any atom is -0.466 e. The summed E-state index contributed by atoms with van der Waals surface area (Å²) in [7, 11) is 1.28. The van der Waals surface area contributed by atoms with Crippen LogP contribution in [0, 0.1) is 0 Å². The van der Waals surface area contributed by atoms with E-state index in [9.17, 15) is 13.6 Å². The van der Waals surface area contributed by atoms with Gasteiger partial charge >= 0.3 is 12.6 Å². The number of hydrogen-bond donors (Lipinski definition) is 1. The number of rotatable bonds is 6. The van der Waals surface area contributed by atoms with Gasteiger partial charge < -0.3 is 19.7 Å². The Hall–Kier alpha value is -2.22. The maximum Gasteiger partial charge on any atom is 0.387 e. The molecule has 1 aliphatic heterocycles. The van der Waals surface area contributed by atoms with Crippen LogP contribution < -0.4 is 10.1 Å². The highest BCUT2D eigenvalue weighted by molar-refractivity contribution is 7.80. The molecule has 1 N–H and O–H groups in total. The number of carbonyl (C=O) groups excluding carboxylic acids is 1. The number of ether oxygens (including phenoxy) is 2. The third-order valence-corrected chi connectivity index (χ3v) is 4.23. The molecule has 5 nitrogen and oxygen atoms in total. The summed E-state index contributed by atoms with van der Waals surface area (Å²) in [6.07, 6.45) is 0.823. The van der Waals surface area contributed by atoms with E-state index in [1.165, 1.54) is 13.2 Å². The minimum absolute atomic E-state index is 0.0176. The van der Waals surface area contributed by atoms with Crippen LogP contribution in [0.15, 0.2) is 35.5 Å². The third-order valence-electron chi connectivity index (χ3n) is 3.89. The summed E-state index contributed by atoms with van der Waals surface area (Å²) in [5, 5.41) is 3.47. The lowest BCUT2D eigenvalue weighted by molar-refractivity contribution is -0.136.